The van der Waals surface area contributed by atoms with Crippen molar-refractivity contribution in [2.24, 2.45) is 0 Å². The van der Waals surface area contributed by atoms with Crippen LogP contribution in [0.2, 0.25) is 0 Å². The van der Waals surface area contributed by atoms with Crippen LogP contribution < -0.4 is 10.6 Å². The van der Waals surface area contributed by atoms with Gasteiger partial charge in [-0.2, -0.15) is 0 Å². The average Bonchev–Trinajstić information content (AvgIpc) is 2.92. The van der Waals surface area contributed by atoms with Crippen molar-refractivity contribution in [2.45, 2.75) is 69.1 Å². The van der Waals surface area contributed by atoms with Crippen LogP contribution in [0.1, 0.15) is 58.6 Å². The van der Waals surface area contributed by atoms with Crippen LogP contribution in [0.4, 0.5) is 0 Å². The standard InChI is InChI=1S/C16H26N2O6S2/c1-10(16(23)24)17-15(22)12(6-7-14(20)21)18-13(19)5-3-2-4-11-8-9-25-26-11/h10-12H,2-9H2,1H3,(H,17,22)(H,18,19)(H,20,21)(H,23,24)/t10-,11?,12-/m0/s1/i4D2,8D2,11D. The molecule has 1 fully saturated rings. The van der Waals surface area contributed by atoms with Gasteiger partial charge in [-0.05, 0) is 32.5 Å². The Morgan fingerprint density at radius 3 is 2.58 bits per heavy atom. The molecule has 0 aromatic rings. The fourth-order valence-electron chi connectivity index (χ4n) is 1.93. The summed E-state index contributed by atoms with van der Waals surface area (Å²) in [6.07, 6.45) is -5.49. The Morgan fingerprint density at radius 2 is 2.00 bits per heavy atom. The number of amides is 2. The molecule has 0 aromatic carbocycles. The first-order chi connectivity index (χ1) is 14.1. The van der Waals surface area contributed by atoms with Gasteiger partial charge in [0.1, 0.15) is 12.1 Å². The number of carboxylic acids is 2. The van der Waals surface area contributed by atoms with E-state index in [-0.39, 0.29) is 31.4 Å². The van der Waals surface area contributed by atoms with E-state index in [1.165, 1.54) is 6.92 Å². The highest BCUT2D eigenvalue weighted by Gasteiger charge is 2.24. The SMILES string of the molecule is [2H]C([2H])(CCCC(=O)N[C@@H](CCC(=O)O)C(=O)N[C@@H](C)C(=O)O)C1([2H])SSCC1([2H])[2H]. The molecule has 1 saturated heterocycles. The van der Waals surface area contributed by atoms with Gasteiger partial charge in [-0.25, -0.2) is 0 Å². The predicted octanol–water partition coefficient (Wildman–Crippen LogP) is 1.64. The first kappa shape index (κ1) is 15.6. The van der Waals surface area contributed by atoms with Gasteiger partial charge >= 0.3 is 11.9 Å². The minimum Gasteiger partial charge on any atom is -0.481 e. The van der Waals surface area contributed by atoms with Gasteiger partial charge in [0.2, 0.25) is 11.8 Å². The summed E-state index contributed by atoms with van der Waals surface area (Å²) in [6.45, 7) is 1.22. The summed E-state index contributed by atoms with van der Waals surface area (Å²) >= 11 is 0. The van der Waals surface area contributed by atoms with Gasteiger partial charge in [-0.1, -0.05) is 28.0 Å². The maximum absolute atomic E-state index is 12.2. The lowest BCUT2D eigenvalue weighted by molar-refractivity contribution is -0.142. The number of aliphatic carboxylic acids is 2. The quantitative estimate of drug-likeness (QED) is 0.356. The van der Waals surface area contributed by atoms with E-state index in [1.807, 2.05) is 0 Å². The Labute approximate surface area is 167 Å². The minimum absolute atomic E-state index is 0.0176. The van der Waals surface area contributed by atoms with Crippen LogP contribution in [0.15, 0.2) is 0 Å². The Kier molecular flexibility index (Phi) is 7.24. The molecule has 0 saturated carbocycles. The van der Waals surface area contributed by atoms with Crippen molar-refractivity contribution in [1.82, 2.24) is 10.6 Å². The molecule has 0 aliphatic carbocycles. The number of carboxylic acid groups (broad SMARTS) is 2. The second-order valence-corrected chi connectivity index (χ2v) is 7.81. The molecular formula is C16H26N2O6S2. The first-order valence-corrected chi connectivity index (χ1v) is 10.3. The van der Waals surface area contributed by atoms with Crippen molar-refractivity contribution >= 4 is 45.3 Å². The number of carbonyl (C=O) groups is 4. The molecule has 0 bridgehead atoms. The third kappa shape index (κ3) is 9.33. The summed E-state index contributed by atoms with van der Waals surface area (Å²) < 4.78 is 40.4. The van der Waals surface area contributed by atoms with E-state index in [0.29, 0.717) is 0 Å². The summed E-state index contributed by atoms with van der Waals surface area (Å²) in [4.78, 5) is 46.1. The molecule has 3 atom stereocenters. The van der Waals surface area contributed by atoms with Crippen molar-refractivity contribution in [3.8, 4) is 0 Å². The largest absolute Gasteiger partial charge is 0.481 e. The molecular weight excluding hydrogens is 380 g/mol. The number of carbonyl (C=O) groups excluding carboxylic acids is 2. The van der Waals surface area contributed by atoms with Gasteiger partial charge in [0, 0.05) is 30.7 Å². The number of rotatable bonds is 12. The van der Waals surface area contributed by atoms with Crippen LogP contribution in [0.25, 0.3) is 0 Å². The summed E-state index contributed by atoms with van der Waals surface area (Å²) in [5.74, 6) is -4.03. The van der Waals surface area contributed by atoms with E-state index in [0.717, 1.165) is 21.6 Å². The lowest BCUT2D eigenvalue weighted by atomic mass is 10.1. The molecule has 26 heavy (non-hydrogen) atoms. The van der Waals surface area contributed by atoms with E-state index in [1.54, 1.807) is 0 Å². The monoisotopic (exact) mass is 411 g/mol. The predicted molar refractivity (Wildman–Crippen MR) is 101 cm³/mol. The van der Waals surface area contributed by atoms with Gasteiger partial charge in [0.25, 0.3) is 0 Å². The van der Waals surface area contributed by atoms with Gasteiger partial charge in [0.05, 0.1) is 0 Å². The van der Waals surface area contributed by atoms with Gasteiger partial charge in [0.15, 0.2) is 0 Å². The first-order valence-electron chi connectivity index (χ1n) is 10.5. The van der Waals surface area contributed by atoms with Gasteiger partial charge in [-0.3, -0.25) is 19.2 Å². The second kappa shape index (κ2) is 12.1. The van der Waals surface area contributed by atoms with Crippen LogP contribution in [0.3, 0.4) is 0 Å². The van der Waals surface area contributed by atoms with Crippen LogP contribution in [-0.2, 0) is 19.2 Å². The van der Waals surface area contributed by atoms with Crippen LogP contribution >= 0.6 is 21.6 Å². The van der Waals surface area contributed by atoms with E-state index in [9.17, 15) is 19.2 Å². The molecule has 0 radical (unpaired) electrons. The van der Waals surface area contributed by atoms with Crippen molar-refractivity contribution in [3.63, 3.8) is 0 Å². The minimum atomic E-state index is -2.22. The van der Waals surface area contributed by atoms with Gasteiger partial charge < -0.3 is 20.8 Å². The fraction of sp³-hybridized carbons (Fsp3) is 0.750. The fourth-order valence-corrected chi connectivity index (χ4v) is 3.76. The topological polar surface area (TPSA) is 133 Å². The van der Waals surface area contributed by atoms with Crippen molar-refractivity contribution < 1.29 is 36.2 Å². The molecule has 1 heterocycles. The van der Waals surface area contributed by atoms with Crippen LogP contribution in [0.5, 0.6) is 0 Å². The normalized spacial score (nSPS) is 26.9. The lowest BCUT2D eigenvalue weighted by Crippen LogP contribution is -2.50. The summed E-state index contributed by atoms with van der Waals surface area (Å²) in [5.41, 5.74) is 0. The van der Waals surface area contributed by atoms with E-state index >= 15 is 0 Å². The van der Waals surface area contributed by atoms with E-state index in [2.05, 4.69) is 10.6 Å². The highest BCUT2D eigenvalue weighted by atomic mass is 33.1. The zero-order valence-corrected chi connectivity index (χ0v) is 15.9. The Balaban J connectivity index is 2.67. The molecule has 2 amide bonds. The maximum atomic E-state index is 12.2. The third-order valence-corrected chi connectivity index (χ3v) is 5.37. The number of hydrogen-bond acceptors (Lipinski definition) is 6. The molecule has 1 aliphatic rings. The molecule has 1 rings (SSSR count). The zero-order valence-electron chi connectivity index (χ0n) is 19.2. The summed E-state index contributed by atoms with van der Waals surface area (Å²) in [6, 6.07) is -2.52. The van der Waals surface area contributed by atoms with Crippen molar-refractivity contribution in [3.05, 3.63) is 0 Å². The molecule has 10 heteroatoms. The molecule has 1 unspecified atom stereocenters. The van der Waals surface area contributed by atoms with Crippen molar-refractivity contribution in [1.29, 1.82) is 0 Å². The molecule has 8 nitrogen and oxygen atoms in total. The molecule has 4 N–H and O–H groups in total. The molecule has 1 aliphatic heterocycles. The van der Waals surface area contributed by atoms with E-state index < -0.39 is 60.2 Å². The molecule has 0 spiro atoms. The highest BCUT2D eigenvalue weighted by Crippen LogP contribution is 2.39. The van der Waals surface area contributed by atoms with Gasteiger partial charge in [-0.15, -0.1) is 0 Å². The van der Waals surface area contributed by atoms with Crippen LogP contribution in [0, 0.1) is 0 Å². The third-order valence-electron chi connectivity index (χ3n) is 3.33. The average molecular weight is 412 g/mol. The Hall–Kier alpha value is -1.42. The number of nitrogens with one attached hydrogen (secondary N) is 2. The summed E-state index contributed by atoms with van der Waals surface area (Å²) in [5, 5.41) is 20.2. The molecule has 148 valence electrons. The maximum Gasteiger partial charge on any atom is 0.325 e. The molecule has 0 aromatic heterocycles. The summed E-state index contributed by atoms with van der Waals surface area (Å²) in [7, 11) is 1.91. The second-order valence-electron chi connectivity index (χ2n) is 5.50. The lowest BCUT2D eigenvalue weighted by Gasteiger charge is -2.19. The smallest absolute Gasteiger partial charge is 0.325 e. The van der Waals surface area contributed by atoms with E-state index in [4.69, 9.17) is 17.1 Å². The highest BCUT2D eigenvalue weighted by molar-refractivity contribution is 8.77. The zero-order chi connectivity index (χ0) is 24.0. The Morgan fingerprint density at radius 1 is 1.27 bits per heavy atom. The van der Waals surface area contributed by atoms with Crippen LogP contribution in [-0.4, -0.2) is 57.0 Å². The Bertz CT molecular complexity index is 714. The van der Waals surface area contributed by atoms with Crippen molar-refractivity contribution in [2.75, 3.05) is 5.75 Å². The number of hydrogen-bond donors (Lipinski definition) is 4.